The molecule has 0 atom stereocenters. The molecule has 0 spiro atoms. The third kappa shape index (κ3) is 2.92. The van der Waals surface area contributed by atoms with Gasteiger partial charge in [-0.25, -0.2) is 0 Å². The fraction of sp³-hybridized carbons (Fsp3) is 0.500. The molecule has 0 aliphatic heterocycles. The van der Waals surface area contributed by atoms with Crippen LogP contribution in [0, 0.1) is 6.92 Å². The minimum Gasteiger partial charge on any atom is -0.324 e. The highest BCUT2D eigenvalue weighted by Crippen LogP contribution is 2.59. The van der Waals surface area contributed by atoms with Crippen molar-refractivity contribution in [2.75, 3.05) is 0 Å². The van der Waals surface area contributed by atoms with Crippen LogP contribution in [0.3, 0.4) is 0 Å². The summed E-state index contributed by atoms with van der Waals surface area (Å²) in [5, 5.41) is -2.15. The molecule has 10 heavy (non-hydrogen) atoms. The van der Waals surface area contributed by atoms with Crippen molar-refractivity contribution in [3.8, 4) is 0 Å². The average Bonchev–Trinajstić information content (AvgIpc) is 1.59. The predicted molar refractivity (Wildman–Crippen MR) is 33.2 cm³/mol. The highest BCUT2D eigenvalue weighted by Gasteiger charge is 2.38. The van der Waals surface area contributed by atoms with Crippen molar-refractivity contribution < 1.29 is 28.7 Å². The molecule has 0 amide bonds. The maximum absolute atomic E-state index is 10.1. The van der Waals surface area contributed by atoms with Crippen LogP contribution in [0.5, 0.6) is 0 Å². The smallest absolute Gasteiger partial charge is 0.324 e. The van der Waals surface area contributed by atoms with E-state index in [9.17, 15) is 9.13 Å². The van der Waals surface area contributed by atoms with Gasteiger partial charge in [0.1, 0.15) is 0 Å². The van der Waals surface area contributed by atoms with E-state index < -0.39 is 20.6 Å². The lowest BCUT2D eigenvalue weighted by Gasteiger charge is -2.13. The molecule has 0 saturated heterocycles. The van der Waals surface area contributed by atoms with Gasteiger partial charge in [-0.15, -0.1) is 0 Å². The lowest BCUT2D eigenvalue weighted by Crippen LogP contribution is -2.03. The van der Waals surface area contributed by atoms with Crippen LogP contribution in [0.25, 0.3) is 0 Å². The molecule has 0 fully saturated rings. The molecule has 0 aromatic carbocycles. The molecule has 1 radical (unpaired) electrons. The first-order valence-electron chi connectivity index (χ1n) is 2.09. The molecule has 0 heterocycles. The lowest BCUT2D eigenvalue weighted by molar-refractivity contribution is 0.346. The topological polar surface area (TPSA) is 115 Å². The van der Waals surface area contributed by atoms with Gasteiger partial charge in [-0.05, 0) is 6.92 Å². The summed E-state index contributed by atoms with van der Waals surface area (Å²) in [6.45, 7) is 2.65. The monoisotopic (exact) mass is 189 g/mol. The van der Waals surface area contributed by atoms with E-state index >= 15 is 0 Å². The zero-order valence-corrected chi connectivity index (χ0v) is 6.57. The Hall–Kier alpha value is 0.300. The van der Waals surface area contributed by atoms with Crippen LogP contribution in [0.2, 0.25) is 0 Å². The minimum atomic E-state index is -4.75. The molecule has 6 nitrogen and oxygen atoms in total. The van der Waals surface area contributed by atoms with Gasteiger partial charge in [-0.1, -0.05) is 0 Å². The number of hydrogen-bond donors (Lipinski definition) is 4. The van der Waals surface area contributed by atoms with Crippen molar-refractivity contribution in [1.82, 2.24) is 0 Å². The van der Waals surface area contributed by atoms with Crippen LogP contribution in [0.1, 0.15) is 0 Å². The van der Waals surface area contributed by atoms with Gasteiger partial charge in [-0.2, -0.15) is 0 Å². The summed E-state index contributed by atoms with van der Waals surface area (Å²) < 4.78 is 20.2. The summed E-state index contributed by atoms with van der Waals surface area (Å²) in [6.07, 6.45) is 0. The molecule has 0 saturated carbocycles. The molecule has 0 aliphatic carbocycles. The van der Waals surface area contributed by atoms with Crippen molar-refractivity contribution in [3.63, 3.8) is 0 Å². The first kappa shape index (κ1) is 10.3. The van der Waals surface area contributed by atoms with Crippen LogP contribution in [0.15, 0.2) is 0 Å². The van der Waals surface area contributed by atoms with E-state index in [2.05, 4.69) is 6.92 Å². The third-order valence-electron chi connectivity index (χ3n) is 0.777. The Morgan fingerprint density at radius 3 is 1.20 bits per heavy atom. The van der Waals surface area contributed by atoms with E-state index in [-0.39, 0.29) is 0 Å². The molecule has 4 N–H and O–H groups in total. The first-order valence-corrected chi connectivity index (χ1v) is 5.45. The van der Waals surface area contributed by atoms with Gasteiger partial charge in [0.25, 0.3) is 0 Å². The predicted octanol–water partition coefficient (Wildman–Crippen LogP) is -0.498. The lowest BCUT2D eigenvalue weighted by atomic mass is 11.0. The van der Waals surface area contributed by atoms with Crippen molar-refractivity contribution >= 4 is 15.2 Å². The zero-order valence-electron chi connectivity index (χ0n) is 4.78. The fourth-order valence-corrected chi connectivity index (χ4v) is 1.76. The molecule has 0 bridgehead atoms. The van der Waals surface area contributed by atoms with Crippen LogP contribution < -0.4 is 0 Å². The zero-order chi connectivity index (χ0) is 8.58. The molecule has 0 aromatic rings. The second-order valence-corrected chi connectivity index (χ2v) is 5.67. The Morgan fingerprint density at radius 1 is 1.00 bits per heavy atom. The maximum Gasteiger partial charge on any atom is 0.340 e. The molecule has 8 heteroatoms. The van der Waals surface area contributed by atoms with E-state index in [0.29, 0.717) is 0 Å². The Bertz CT molecular complexity index is 176. The van der Waals surface area contributed by atoms with Gasteiger partial charge in [0.2, 0.25) is 0 Å². The van der Waals surface area contributed by atoms with Gasteiger partial charge in [-0.3, -0.25) is 9.13 Å². The minimum absolute atomic E-state index is 2.15. The van der Waals surface area contributed by atoms with Crippen LogP contribution in [-0.4, -0.2) is 25.0 Å². The molecule has 0 rings (SSSR count). The first-order chi connectivity index (χ1) is 4.15. The highest BCUT2D eigenvalue weighted by atomic mass is 31.2. The molecule has 61 valence electrons. The number of rotatable bonds is 2. The summed E-state index contributed by atoms with van der Waals surface area (Å²) >= 11 is 0. The summed E-state index contributed by atoms with van der Waals surface area (Å²) in [7, 11) is -9.51. The molecule has 0 aliphatic rings. The van der Waals surface area contributed by atoms with Crippen molar-refractivity contribution in [3.05, 3.63) is 6.92 Å². The van der Waals surface area contributed by atoms with Gasteiger partial charge >= 0.3 is 15.2 Å². The summed E-state index contributed by atoms with van der Waals surface area (Å²) in [5.74, 6) is 0. The quantitative estimate of drug-likeness (QED) is 0.435. The van der Waals surface area contributed by atoms with Crippen molar-refractivity contribution in [2.24, 2.45) is 0 Å². The molecular weight excluding hydrogens is 182 g/mol. The van der Waals surface area contributed by atoms with E-state index in [1.54, 1.807) is 0 Å². The standard InChI is InChI=1S/C2H7O6P2/c1-2(9(3,4)5)10(6,7)8/h2H,1H2,(H2,3,4,5)(H2,6,7,8). The third-order valence-corrected chi connectivity index (χ3v) is 4.13. The van der Waals surface area contributed by atoms with Crippen molar-refractivity contribution in [1.29, 1.82) is 0 Å². The van der Waals surface area contributed by atoms with Crippen LogP contribution >= 0.6 is 15.2 Å². The average molecular weight is 189 g/mol. The summed E-state index contributed by atoms with van der Waals surface area (Å²) in [6, 6.07) is 0. The van der Waals surface area contributed by atoms with Crippen LogP contribution in [-0.2, 0) is 9.13 Å². The largest absolute Gasteiger partial charge is 0.340 e. The Labute approximate surface area is 57.2 Å². The SMILES string of the molecule is [CH2]C(P(=O)(O)O)P(=O)(O)O. The van der Waals surface area contributed by atoms with Gasteiger partial charge < -0.3 is 19.6 Å². The van der Waals surface area contributed by atoms with Gasteiger partial charge in [0.15, 0.2) is 5.40 Å². The Morgan fingerprint density at radius 2 is 1.20 bits per heavy atom. The molecule has 0 aromatic heterocycles. The fourth-order valence-electron chi connectivity index (χ4n) is 0.196. The van der Waals surface area contributed by atoms with E-state index in [1.165, 1.54) is 0 Å². The second kappa shape index (κ2) is 2.74. The molecule has 0 unspecified atom stereocenters. The maximum atomic E-state index is 10.1. The summed E-state index contributed by atoms with van der Waals surface area (Å²) in [4.78, 5) is 32.7. The summed E-state index contributed by atoms with van der Waals surface area (Å²) in [5.41, 5.74) is 0. The van der Waals surface area contributed by atoms with E-state index in [0.717, 1.165) is 0 Å². The molecular formula is C2H7O6P2. The second-order valence-electron chi connectivity index (χ2n) is 1.66. The highest BCUT2D eigenvalue weighted by molar-refractivity contribution is 7.71. The van der Waals surface area contributed by atoms with E-state index in [4.69, 9.17) is 19.6 Å². The number of hydrogen-bond acceptors (Lipinski definition) is 2. The Kier molecular flexibility index (Phi) is 2.82. The van der Waals surface area contributed by atoms with Gasteiger partial charge in [0, 0.05) is 0 Å². The van der Waals surface area contributed by atoms with Crippen LogP contribution in [0.4, 0.5) is 0 Å². The normalized spacial score (nSPS) is 14.2. The van der Waals surface area contributed by atoms with Gasteiger partial charge in [0.05, 0.1) is 0 Å². The van der Waals surface area contributed by atoms with Crippen molar-refractivity contribution in [2.45, 2.75) is 5.40 Å². The van der Waals surface area contributed by atoms with E-state index in [1.807, 2.05) is 0 Å². The Balaban J connectivity index is 4.56.